The molecule has 3 atom stereocenters. The lowest BCUT2D eigenvalue weighted by atomic mass is 9.72. The van der Waals surface area contributed by atoms with Crippen LogP contribution in [0.15, 0.2) is 0 Å². The van der Waals surface area contributed by atoms with Crippen LogP contribution >= 0.6 is 0 Å². The average molecular weight is 342 g/mol. The van der Waals surface area contributed by atoms with Crippen molar-refractivity contribution in [3.05, 3.63) is 0 Å². The highest BCUT2D eigenvalue weighted by Gasteiger charge is 2.44. The van der Waals surface area contributed by atoms with Crippen molar-refractivity contribution in [1.29, 1.82) is 0 Å². The largest absolute Gasteiger partial charge is 0.435 e. The first-order valence-corrected chi connectivity index (χ1v) is 8.92. The summed E-state index contributed by atoms with van der Waals surface area (Å²) >= 11 is 0. The van der Waals surface area contributed by atoms with Crippen molar-refractivity contribution < 1.29 is 28.5 Å². The van der Waals surface area contributed by atoms with E-state index in [-0.39, 0.29) is 11.9 Å². The van der Waals surface area contributed by atoms with Gasteiger partial charge in [0.15, 0.2) is 0 Å². The van der Waals surface area contributed by atoms with Gasteiger partial charge in [-0.25, -0.2) is 0 Å². The molecule has 0 aromatic carbocycles. The lowest BCUT2D eigenvalue weighted by Crippen LogP contribution is -2.40. The molecule has 0 bridgehead atoms. The number of esters is 2. The summed E-state index contributed by atoms with van der Waals surface area (Å²) in [5.41, 5.74) is -1.56. The molecule has 24 heavy (non-hydrogen) atoms. The summed E-state index contributed by atoms with van der Waals surface area (Å²) in [6.45, 7) is 8.62. The maximum Gasteiger partial charge on any atom is 0.314 e. The molecular formula is C18H30O6. The van der Waals surface area contributed by atoms with Crippen LogP contribution in [0.1, 0.15) is 66.2 Å². The molecule has 2 fully saturated rings. The van der Waals surface area contributed by atoms with Gasteiger partial charge in [0.1, 0.15) is 0 Å². The van der Waals surface area contributed by atoms with Crippen LogP contribution in [-0.2, 0) is 28.5 Å². The number of carbonyl (C=O) groups excluding carboxylic acids is 2. The third-order valence-corrected chi connectivity index (χ3v) is 4.91. The van der Waals surface area contributed by atoms with E-state index in [2.05, 4.69) is 0 Å². The first-order valence-electron chi connectivity index (χ1n) is 8.92. The summed E-state index contributed by atoms with van der Waals surface area (Å²) in [4.78, 5) is 25.1. The molecule has 0 aromatic heterocycles. The number of carbonyl (C=O) groups is 2. The topological polar surface area (TPSA) is 71.1 Å². The van der Waals surface area contributed by atoms with Gasteiger partial charge in [0, 0.05) is 12.8 Å². The average Bonchev–Trinajstić information content (AvgIpc) is 3.20. The van der Waals surface area contributed by atoms with E-state index in [0.29, 0.717) is 26.1 Å². The van der Waals surface area contributed by atoms with Crippen molar-refractivity contribution >= 4 is 11.9 Å². The van der Waals surface area contributed by atoms with Crippen molar-refractivity contribution in [2.24, 2.45) is 10.8 Å². The Labute approximate surface area is 144 Å². The van der Waals surface area contributed by atoms with E-state index in [1.807, 2.05) is 13.8 Å². The maximum absolute atomic E-state index is 12.6. The molecule has 0 spiro atoms. The maximum atomic E-state index is 12.6. The Balaban J connectivity index is 1.96. The second-order valence-corrected chi connectivity index (χ2v) is 7.67. The van der Waals surface area contributed by atoms with Crippen LogP contribution in [-0.4, -0.2) is 37.7 Å². The highest BCUT2D eigenvalue weighted by molar-refractivity contribution is 5.80. The molecule has 2 aliphatic rings. The highest BCUT2D eigenvalue weighted by Crippen LogP contribution is 2.39. The lowest BCUT2D eigenvalue weighted by Gasteiger charge is -2.34. The van der Waals surface area contributed by atoms with Crippen molar-refractivity contribution in [1.82, 2.24) is 0 Å². The molecule has 3 unspecified atom stereocenters. The summed E-state index contributed by atoms with van der Waals surface area (Å²) in [5.74, 6) is -0.645. The molecule has 0 aliphatic carbocycles. The molecule has 2 saturated heterocycles. The number of hydrogen-bond donors (Lipinski definition) is 0. The van der Waals surface area contributed by atoms with Crippen LogP contribution in [0.4, 0.5) is 0 Å². The van der Waals surface area contributed by atoms with E-state index in [9.17, 15) is 9.59 Å². The van der Waals surface area contributed by atoms with Gasteiger partial charge in [-0.2, -0.15) is 0 Å². The third kappa shape index (κ3) is 4.70. The SMILES string of the molecule is CCC(C)(CC(C)(C)C(=O)OC1CCCO1)C(=O)OC1CCCO1. The second kappa shape index (κ2) is 7.83. The zero-order valence-electron chi connectivity index (χ0n) is 15.3. The summed E-state index contributed by atoms with van der Waals surface area (Å²) in [6.07, 6.45) is 3.29. The predicted octanol–water partition coefficient (Wildman–Crippen LogP) is 3.18. The van der Waals surface area contributed by atoms with Gasteiger partial charge in [-0.05, 0) is 46.5 Å². The summed E-state index contributed by atoms with van der Waals surface area (Å²) in [7, 11) is 0. The second-order valence-electron chi connectivity index (χ2n) is 7.67. The molecule has 138 valence electrons. The molecule has 6 nitrogen and oxygen atoms in total. The Bertz CT molecular complexity index is 448. The zero-order chi connectivity index (χ0) is 17.8. The van der Waals surface area contributed by atoms with Gasteiger partial charge in [-0.15, -0.1) is 0 Å². The molecule has 0 radical (unpaired) electrons. The van der Waals surface area contributed by atoms with Crippen LogP contribution in [0.5, 0.6) is 0 Å². The van der Waals surface area contributed by atoms with E-state index >= 15 is 0 Å². The Hall–Kier alpha value is -1.14. The van der Waals surface area contributed by atoms with Gasteiger partial charge < -0.3 is 18.9 Å². The van der Waals surface area contributed by atoms with E-state index < -0.39 is 23.4 Å². The standard InChI is InChI=1S/C18H30O6/c1-5-18(4,16(20)24-14-9-7-11-22-14)12-17(2,3)15(19)23-13-8-6-10-21-13/h13-14H,5-12H2,1-4H3. The fraction of sp³-hybridized carbons (Fsp3) is 0.889. The van der Waals surface area contributed by atoms with Crippen LogP contribution < -0.4 is 0 Å². The van der Waals surface area contributed by atoms with E-state index in [1.165, 1.54) is 0 Å². The molecule has 2 heterocycles. The smallest absolute Gasteiger partial charge is 0.314 e. The highest BCUT2D eigenvalue weighted by atomic mass is 16.7. The first-order chi connectivity index (χ1) is 11.3. The first kappa shape index (κ1) is 19.2. The quantitative estimate of drug-likeness (QED) is 0.662. The Morgan fingerprint density at radius 1 is 0.958 bits per heavy atom. The van der Waals surface area contributed by atoms with E-state index in [0.717, 1.165) is 25.7 Å². The van der Waals surface area contributed by atoms with E-state index in [1.54, 1.807) is 13.8 Å². The van der Waals surface area contributed by atoms with Gasteiger partial charge >= 0.3 is 11.9 Å². The minimum absolute atomic E-state index is 0.310. The normalized spacial score (nSPS) is 26.8. The molecular weight excluding hydrogens is 312 g/mol. The number of rotatable bonds is 7. The van der Waals surface area contributed by atoms with Crippen LogP contribution in [0.2, 0.25) is 0 Å². The van der Waals surface area contributed by atoms with Gasteiger partial charge in [0.05, 0.1) is 24.0 Å². The Morgan fingerprint density at radius 3 is 1.88 bits per heavy atom. The van der Waals surface area contributed by atoms with E-state index in [4.69, 9.17) is 18.9 Å². The van der Waals surface area contributed by atoms with Crippen molar-refractivity contribution in [3.63, 3.8) is 0 Å². The fourth-order valence-corrected chi connectivity index (χ4v) is 3.21. The Morgan fingerprint density at radius 2 is 1.46 bits per heavy atom. The molecule has 0 saturated carbocycles. The minimum Gasteiger partial charge on any atom is -0.435 e. The molecule has 2 aliphatic heterocycles. The van der Waals surface area contributed by atoms with Crippen LogP contribution in [0.25, 0.3) is 0 Å². The van der Waals surface area contributed by atoms with Gasteiger partial charge in [-0.1, -0.05) is 6.92 Å². The number of ether oxygens (including phenoxy) is 4. The van der Waals surface area contributed by atoms with Crippen molar-refractivity contribution in [3.8, 4) is 0 Å². The van der Waals surface area contributed by atoms with Gasteiger partial charge in [-0.3, -0.25) is 9.59 Å². The minimum atomic E-state index is -0.799. The summed E-state index contributed by atoms with van der Waals surface area (Å²) in [5, 5.41) is 0. The lowest BCUT2D eigenvalue weighted by molar-refractivity contribution is -0.188. The van der Waals surface area contributed by atoms with Gasteiger partial charge in [0.2, 0.25) is 12.6 Å². The van der Waals surface area contributed by atoms with Crippen molar-refractivity contribution in [2.45, 2.75) is 78.8 Å². The zero-order valence-corrected chi connectivity index (χ0v) is 15.3. The van der Waals surface area contributed by atoms with Gasteiger partial charge in [0.25, 0.3) is 0 Å². The molecule has 0 amide bonds. The third-order valence-electron chi connectivity index (χ3n) is 4.91. The molecule has 0 aromatic rings. The van der Waals surface area contributed by atoms with Crippen LogP contribution in [0, 0.1) is 10.8 Å². The summed E-state index contributed by atoms with van der Waals surface area (Å²) < 4.78 is 21.7. The molecule has 2 rings (SSSR count). The fourth-order valence-electron chi connectivity index (χ4n) is 3.21. The van der Waals surface area contributed by atoms with Crippen LogP contribution in [0.3, 0.4) is 0 Å². The molecule has 0 N–H and O–H groups in total. The van der Waals surface area contributed by atoms with Crippen molar-refractivity contribution in [2.75, 3.05) is 13.2 Å². The monoisotopic (exact) mass is 342 g/mol. The number of hydrogen-bond acceptors (Lipinski definition) is 6. The Kier molecular flexibility index (Phi) is 6.26. The predicted molar refractivity (Wildman–Crippen MR) is 86.9 cm³/mol. The summed E-state index contributed by atoms with van der Waals surface area (Å²) in [6, 6.07) is 0. The molecule has 6 heteroatoms.